The lowest BCUT2D eigenvalue weighted by atomic mass is 10.1. The quantitative estimate of drug-likeness (QED) is 0.420. The van der Waals surface area contributed by atoms with Gasteiger partial charge in [0, 0.05) is 6.54 Å². The molecule has 21 heavy (non-hydrogen) atoms. The number of aryl methyl sites for hydroxylation is 1. The van der Waals surface area contributed by atoms with Crippen molar-refractivity contribution >= 4 is 58.0 Å². The molecule has 0 radical (unpaired) electrons. The van der Waals surface area contributed by atoms with Crippen molar-refractivity contribution in [3.63, 3.8) is 0 Å². The van der Waals surface area contributed by atoms with Gasteiger partial charge in [0.25, 0.3) is 0 Å². The third-order valence-corrected chi connectivity index (χ3v) is 5.54. The minimum absolute atomic E-state index is 0.0774. The van der Waals surface area contributed by atoms with Crippen molar-refractivity contribution in [3.8, 4) is 0 Å². The maximum absolute atomic E-state index is 6.34. The molecule has 0 atom stereocenters. The van der Waals surface area contributed by atoms with Crippen LogP contribution in [0.15, 0.2) is 0 Å². The molecule has 1 aromatic rings. The third kappa shape index (κ3) is 4.78. The second-order valence-electron chi connectivity index (χ2n) is 5.33. The second-order valence-corrected chi connectivity index (χ2v) is 8.94. The van der Waals surface area contributed by atoms with Gasteiger partial charge in [-0.05, 0) is 12.3 Å². The average Bonchev–Trinajstić information content (AvgIpc) is 2.77. The maximum atomic E-state index is 6.34. The van der Waals surface area contributed by atoms with Crippen LogP contribution in [0.2, 0.25) is 0 Å². The molecule has 0 unspecified atom stereocenters. The van der Waals surface area contributed by atoms with Gasteiger partial charge in [0.1, 0.15) is 5.69 Å². The summed E-state index contributed by atoms with van der Waals surface area (Å²) in [5.41, 5.74) is 1.12. The van der Waals surface area contributed by atoms with Crippen LogP contribution in [-0.4, -0.2) is 18.8 Å². The van der Waals surface area contributed by atoms with Crippen LogP contribution in [0, 0.1) is 0 Å². The molecular formula is C13H20Cl5N3. The lowest BCUT2D eigenvalue weighted by molar-refractivity contribution is 0.504. The zero-order valence-corrected chi connectivity index (χ0v) is 16.1. The zero-order chi connectivity index (χ0) is 16.3. The van der Waals surface area contributed by atoms with Crippen molar-refractivity contribution in [3.05, 3.63) is 11.4 Å². The Morgan fingerprint density at radius 3 is 2.14 bits per heavy atom. The van der Waals surface area contributed by atoms with Gasteiger partial charge in [0.05, 0.1) is 5.69 Å². The summed E-state index contributed by atoms with van der Waals surface area (Å²) in [6.07, 6.45) is 4.37. The molecular weight excluding hydrogens is 375 g/mol. The average molecular weight is 396 g/mol. The number of nitrogens with zero attached hydrogens (tertiary/aromatic N) is 3. The van der Waals surface area contributed by atoms with Crippen LogP contribution in [-0.2, 0) is 10.9 Å². The Kier molecular flexibility index (Phi) is 7.40. The van der Waals surface area contributed by atoms with Gasteiger partial charge in [-0.25, -0.2) is 4.68 Å². The molecule has 1 rings (SSSR count). The van der Waals surface area contributed by atoms with E-state index >= 15 is 0 Å². The van der Waals surface area contributed by atoms with Crippen LogP contribution in [0.5, 0.6) is 0 Å². The molecule has 0 spiro atoms. The van der Waals surface area contributed by atoms with Gasteiger partial charge in [-0.2, -0.15) is 0 Å². The highest BCUT2D eigenvalue weighted by molar-refractivity contribution is 6.75. The molecule has 0 aromatic carbocycles. The highest BCUT2D eigenvalue weighted by Gasteiger charge is 2.51. The van der Waals surface area contributed by atoms with Crippen molar-refractivity contribution in [2.24, 2.45) is 0 Å². The number of hydrogen-bond acceptors (Lipinski definition) is 2. The van der Waals surface area contributed by atoms with E-state index < -0.39 is 8.13 Å². The van der Waals surface area contributed by atoms with Gasteiger partial charge < -0.3 is 0 Å². The van der Waals surface area contributed by atoms with Crippen LogP contribution in [0.4, 0.5) is 0 Å². The molecule has 1 aromatic heterocycles. The molecule has 1 heterocycles. The number of alkyl halides is 5. The highest BCUT2D eigenvalue weighted by Crippen LogP contribution is 2.54. The van der Waals surface area contributed by atoms with Crippen LogP contribution < -0.4 is 0 Å². The summed E-state index contributed by atoms with van der Waals surface area (Å²) < 4.78 is -1.92. The van der Waals surface area contributed by atoms with Gasteiger partial charge in [-0.15, -0.1) is 5.10 Å². The molecule has 0 amide bonds. The van der Waals surface area contributed by atoms with Crippen LogP contribution in [0.25, 0.3) is 0 Å². The SMILES string of the molecule is CCCCCCn1nnc(C(C)C)c1C(Cl)(Cl)C(Cl)(Cl)Cl. The Morgan fingerprint density at radius 1 is 1.05 bits per heavy atom. The molecule has 0 aliphatic heterocycles. The van der Waals surface area contributed by atoms with Crippen LogP contribution in [0.1, 0.15) is 63.8 Å². The molecule has 0 aliphatic rings. The molecule has 0 aliphatic carbocycles. The fraction of sp³-hybridized carbons (Fsp3) is 0.846. The molecule has 0 saturated carbocycles. The van der Waals surface area contributed by atoms with Gasteiger partial charge >= 0.3 is 0 Å². The van der Waals surface area contributed by atoms with Crippen molar-refractivity contribution in [2.75, 3.05) is 0 Å². The van der Waals surface area contributed by atoms with E-state index in [1.807, 2.05) is 13.8 Å². The van der Waals surface area contributed by atoms with Crippen molar-refractivity contribution in [1.82, 2.24) is 15.0 Å². The summed E-state index contributed by atoms with van der Waals surface area (Å²) >= 11 is 30.5. The van der Waals surface area contributed by atoms with Crippen molar-refractivity contribution in [2.45, 2.75) is 67.0 Å². The fourth-order valence-electron chi connectivity index (χ4n) is 2.02. The fourth-order valence-corrected chi connectivity index (χ4v) is 2.67. The van der Waals surface area contributed by atoms with E-state index in [1.54, 1.807) is 4.68 Å². The van der Waals surface area contributed by atoms with Crippen molar-refractivity contribution in [1.29, 1.82) is 0 Å². The number of halogens is 5. The van der Waals surface area contributed by atoms with E-state index in [9.17, 15) is 0 Å². The summed E-state index contributed by atoms with van der Waals surface area (Å²) in [7, 11) is 0. The molecule has 8 heteroatoms. The van der Waals surface area contributed by atoms with E-state index in [0.717, 1.165) is 19.3 Å². The topological polar surface area (TPSA) is 30.7 Å². The van der Waals surface area contributed by atoms with Crippen molar-refractivity contribution < 1.29 is 0 Å². The summed E-state index contributed by atoms with van der Waals surface area (Å²) in [5.74, 6) is 0.0774. The minimum atomic E-state index is -1.87. The van der Waals surface area contributed by atoms with Gasteiger partial charge in [0.2, 0.25) is 8.13 Å². The number of unbranched alkanes of at least 4 members (excludes halogenated alkanes) is 3. The summed E-state index contributed by atoms with van der Waals surface area (Å²) in [4.78, 5) is 0. The van der Waals surface area contributed by atoms with E-state index in [0.29, 0.717) is 17.9 Å². The molecule has 0 bridgehead atoms. The third-order valence-electron chi connectivity index (χ3n) is 3.18. The van der Waals surface area contributed by atoms with Gasteiger partial charge in [-0.3, -0.25) is 0 Å². The normalized spacial score (nSPS) is 13.2. The maximum Gasteiger partial charge on any atom is 0.228 e. The Balaban J connectivity index is 3.11. The summed E-state index contributed by atoms with van der Waals surface area (Å²) in [6, 6.07) is 0. The Hall–Kier alpha value is 0.590. The molecule has 0 saturated heterocycles. The Labute approximate surface area is 151 Å². The highest BCUT2D eigenvalue weighted by atomic mass is 35.6. The molecule has 3 nitrogen and oxygen atoms in total. The molecule has 122 valence electrons. The summed E-state index contributed by atoms with van der Waals surface area (Å²) in [6.45, 7) is 6.74. The zero-order valence-electron chi connectivity index (χ0n) is 12.3. The summed E-state index contributed by atoms with van der Waals surface area (Å²) in [5, 5.41) is 8.30. The molecule has 0 N–H and O–H groups in total. The number of hydrogen-bond donors (Lipinski definition) is 0. The second kappa shape index (κ2) is 7.92. The van der Waals surface area contributed by atoms with E-state index in [-0.39, 0.29) is 5.92 Å². The minimum Gasteiger partial charge on any atom is -0.246 e. The number of rotatable bonds is 7. The first-order chi connectivity index (χ1) is 9.63. The standard InChI is InChI=1S/C13H20Cl5N3/c1-4-5-6-7-8-21-11(10(9(2)3)19-20-21)12(14,15)13(16,17)18/h9H,4-8H2,1-3H3. The lowest BCUT2D eigenvalue weighted by Gasteiger charge is -2.29. The van der Waals surface area contributed by atoms with Crippen LogP contribution in [0.3, 0.4) is 0 Å². The van der Waals surface area contributed by atoms with E-state index in [2.05, 4.69) is 17.2 Å². The first-order valence-corrected chi connectivity index (χ1v) is 8.90. The van der Waals surface area contributed by atoms with E-state index in [1.165, 1.54) is 6.42 Å². The van der Waals surface area contributed by atoms with Crippen LogP contribution >= 0.6 is 58.0 Å². The largest absolute Gasteiger partial charge is 0.246 e. The van der Waals surface area contributed by atoms with Gasteiger partial charge in [-0.1, -0.05) is 103 Å². The van der Waals surface area contributed by atoms with Gasteiger partial charge in [0.15, 0.2) is 0 Å². The smallest absolute Gasteiger partial charge is 0.228 e. The Bertz CT molecular complexity index is 451. The monoisotopic (exact) mass is 393 g/mol. The lowest BCUT2D eigenvalue weighted by Crippen LogP contribution is -2.32. The number of aromatic nitrogens is 3. The predicted molar refractivity (Wildman–Crippen MR) is 91.9 cm³/mol. The first-order valence-electron chi connectivity index (χ1n) is 7.01. The van der Waals surface area contributed by atoms with E-state index in [4.69, 9.17) is 58.0 Å². The Morgan fingerprint density at radius 2 is 1.67 bits per heavy atom. The first kappa shape index (κ1) is 19.6. The molecule has 0 fully saturated rings. The predicted octanol–water partition coefficient (Wildman–Crippen LogP) is 5.98.